The van der Waals surface area contributed by atoms with Crippen molar-refractivity contribution in [3.63, 3.8) is 0 Å². The Morgan fingerprint density at radius 2 is 1.30 bits per heavy atom. The number of aliphatic hydroxyl groups is 5. The van der Waals surface area contributed by atoms with Crippen molar-refractivity contribution >= 4 is 97.2 Å². The van der Waals surface area contributed by atoms with Gasteiger partial charge in [0.2, 0.25) is 5.91 Å². The van der Waals surface area contributed by atoms with E-state index < -0.39 is 61.8 Å². The molecular weight excluding hydrogens is 835 g/mol. The maximum Gasteiger partial charge on any atom is 0.303 e. The van der Waals surface area contributed by atoms with Crippen LogP contribution < -0.4 is 15.5 Å². The minimum absolute atomic E-state index is 0.00432. The van der Waals surface area contributed by atoms with Crippen molar-refractivity contribution in [3.8, 4) is 0 Å². The Hall–Kier alpha value is -0.910. The van der Waals surface area contributed by atoms with Crippen LogP contribution in [0.5, 0.6) is 0 Å². The molecule has 0 spiro atoms. The van der Waals surface area contributed by atoms with Gasteiger partial charge in [-0.3, -0.25) is 19.2 Å². The first-order valence-corrected chi connectivity index (χ1v) is 13.9. The highest BCUT2D eigenvalue weighted by Crippen LogP contribution is 2.38. The Kier molecular flexibility index (Phi) is 15.0. The van der Waals surface area contributed by atoms with Crippen molar-refractivity contribution < 1.29 is 49.4 Å². The molecule has 208 valence electrons. The highest BCUT2D eigenvalue weighted by molar-refractivity contribution is 14.1. The third-order valence-corrected chi connectivity index (χ3v) is 7.92. The van der Waals surface area contributed by atoms with Crippen LogP contribution in [-0.4, -0.2) is 107 Å². The number of rotatable bonds is 13. The number of ether oxygens (including phenoxy) is 1. The van der Waals surface area contributed by atoms with Gasteiger partial charge in [0.1, 0.15) is 6.10 Å². The van der Waals surface area contributed by atoms with E-state index in [0.29, 0.717) is 0 Å². The first-order chi connectivity index (χ1) is 17.3. The van der Waals surface area contributed by atoms with Gasteiger partial charge >= 0.3 is 5.97 Å². The van der Waals surface area contributed by atoms with Gasteiger partial charge in [-0.05, 0) is 67.8 Å². The first kappa shape index (κ1) is 34.1. The number of hydrogen-bond acceptors (Lipinski definition) is 10. The van der Waals surface area contributed by atoms with Gasteiger partial charge in [0.05, 0.1) is 69.1 Å². The number of carbonyl (C=O) groups excluding carboxylic acids is 4. The number of carbonyl (C=O) groups is 4. The highest BCUT2D eigenvalue weighted by Gasteiger charge is 2.32. The minimum atomic E-state index is -1.31. The molecule has 0 aliphatic carbocycles. The summed E-state index contributed by atoms with van der Waals surface area (Å²) in [6, 6.07) is 0. The summed E-state index contributed by atoms with van der Waals surface area (Å²) in [7, 11) is 0. The third kappa shape index (κ3) is 9.65. The molecule has 0 fully saturated rings. The van der Waals surface area contributed by atoms with Gasteiger partial charge in [-0.2, -0.15) is 0 Å². The van der Waals surface area contributed by atoms with Crippen LogP contribution in [0.2, 0.25) is 0 Å². The van der Waals surface area contributed by atoms with Crippen LogP contribution in [0.1, 0.15) is 34.6 Å². The zero-order valence-electron chi connectivity index (χ0n) is 19.8. The van der Waals surface area contributed by atoms with E-state index in [0.717, 1.165) is 11.8 Å². The molecule has 3 unspecified atom stereocenters. The Labute approximate surface area is 253 Å². The van der Waals surface area contributed by atoms with Crippen LogP contribution in [0.15, 0.2) is 0 Å². The van der Waals surface area contributed by atoms with Gasteiger partial charge in [0.25, 0.3) is 11.8 Å². The second kappa shape index (κ2) is 16.3. The van der Waals surface area contributed by atoms with Crippen molar-refractivity contribution in [1.82, 2.24) is 10.6 Å². The quantitative estimate of drug-likeness (QED) is 0.0947. The molecule has 0 radical (unpaired) electrons. The van der Waals surface area contributed by atoms with E-state index in [-0.39, 0.29) is 47.2 Å². The number of nitrogens with zero attached hydrogens (tertiary/aromatic N) is 1. The van der Waals surface area contributed by atoms with Crippen molar-refractivity contribution in [2.45, 2.75) is 32.2 Å². The van der Waals surface area contributed by atoms with Crippen molar-refractivity contribution in [3.05, 3.63) is 21.8 Å². The summed E-state index contributed by atoms with van der Waals surface area (Å²) in [6.45, 7) is -0.275. The van der Waals surface area contributed by atoms with Gasteiger partial charge in [-0.25, -0.2) is 0 Å². The largest absolute Gasteiger partial charge is 0.458 e. The maximum atomic E-state index is 13.3. The smallest absolute Gasteiger partial charge is 0.303 e. The van der Waals surface area contributed by atoms with Gasteiger partial charge in [0, 0.05) is 24.0 Å². The normalized spacial score (nSPS) is 13.4. The average molecular weight is 863 g/mol. The van der Waals surface area contributed by atoms with Crippen LogP contribution in [0.3, 0.4) is 0 Å². The van der Waals surface area contributed by atoms with E-state index in [4.69, 9.17) is 9.84 Å². The molecule has 1 rings (SSSR count). The number of anilines is 1. The molecule has 0 aliphatic heterocycles. The first-order valence-electron chi connectivity index (χ1n) is 10.7. The molecule has 37 heavy (non-hydrogen) atoms. The van der Waals surface area contributed by atoms with E-state index >= 15 is 0 Å². The van der Waals surface area contributed by atoms with E-state index in [2.05, 4.69) is 10.6 Å². The van der Waals surface area contributed by atoms with Crippen molar-refractivity contribution in [2.24, 2.45) is 0 Å². The summed E-state index contributed by atoms with van der Waals surface area (Å²) in [5.74, 6) is -2.59. The molecule has 7 N–H and O–H groups in total. The van der Waals surface area contributed by atoms with Gasteiger partial charge in [-0.15, -0.1) is 0 Å². The molecule has 13 nitrogen and oxygen atoms in total. The second-order valence-corrected chi connectivity index (χ2v) is 10.9. The molecular formula is C21H28I3N3O10. The fraction of sp³-hybridized carbons (Fsp3) is 0.524. The Bertz CT molecular complexity index is 1010. The zero-order chi connectivity index (χ0) is 28.4. The highest BCUT2D eigenvalue weighted by atomic mass is 127. The van der Waals surface area contributed by atoms with Gasteiger partial charge in [-0.1, -0.05) is 0 Å². The lowest BCUT2D eigenvalue weighted by Crippen LogP contribution is -2.41. The van der Waals surface area contributed by atoms with Crippen molar-refractivity contribution in [1.29, 1.82) is 0 Å². The van der Waals surface area contributed by atoms with E-state index in [1.165, 1.54) is 6.92 Å². The maximum absolute atomic E-state index is 13.3. The number of halogens is 3. The Morgan fingerprint density at radius 1 is 0.811 bits per heavy atom. The van der Waals surface area contributed by atoms with E-state index in [9.17, 15) is 39.6 Å². The summed E-state index contributed by atoms with van der Waals surface area (Å²) < 4.78 is 5.63. The number of aliphatic hydroxyl groups excluding tert-OH is 5. The lowest BCUT2D eigenvalue weighted by molar-refractivity contribution is -0.148. The molecule has 0 saturated heterocycles. The number of nitrogens with one attached hydrogen (secondary N) is 2. The molecule has 0 aliphatic rings. The van der Waals surface area contributed by atoms with E-state index in [1.54, 1.807) is 22.6 Å². The van der Waals surface area contributed by atoms with Crippen LogP contribution >= 0.6 is 67.8 Å². The second-order valence-electron chi connectivity index (χ2n) is 7.68. The SMILES string of the molecule is CC(=O)OC(CO)CNC(=O)c1c(I)c(C(=O)NCC(O)CO)c(I)c(N(CC(O)CO)C(C)=O)c1I. The third-order valence-electron chi connectivity index (χ3n) is 4.74. The van der Waals surface area contributed by atoms with Crippen LogP contribution in [0.25, 0.3) is 0 Å². The topological polar surface area (TPSA) is 206 Å². The monoisotopic (exact) mass is 863 g/mol. The lowest BCUT2D eigenvalue weighted by atomic mass is 10.1. The van der Waals surface area contributed by atoms with Crippen molar-refractivity contribution in [2.75, 3.05) is 44.4 Å². The summed E-state index contributed by atoms with van der Waals surface area (Å²) in [4.78, 5) is 51.3. The number of amides is 3. The fourth-order valence-corrected chi connectivity index (χ4v) is 7.70. The Balaban J connectivity index is 3.69. The lowest BCUT2D eigenvalue weighted by Gasteiger charge is -2.28. The predicted octanol–water partition coefficient (Wildman–Crippen LogP) is -1.06. The number of hydrogen-bond donors (Lipinski definition) is 7. The zero-order valence-corrected chi connectivity index (χ0v) is 26.3. The molecule has 1 aromatic carbocycles. The molecule has 3 atom stereocenters. The van der Waals surface area contributed by atoms with Crippen LogP contribution in [0, 0.1) is 10.7 Å². The van der Waals surface area contributed by atoms with Gasteiger partial charge in [0.15, 0.2) is 0 Å². The van der Waals surface area contributed by atoms with Crippen LogP contribution in [-0.2, 0) is 14.3 Å². The fourth-order valence-electron chi connectivity index (χ4n) is 2.97. The van der Waals surface area contributed by atoms with Crippen LogP contribution in [0.4, 0.5) is 5.69 Å². The number of esters is 1. The van der Waals surface area contributed by atoms with E-state index in [1.807, 2.05) is 45.2 Å². The summed E-state index contributed by atoms with van der Waals surface area (Å²) >= 11 is 5.46. The Morgan fingerprint density at radius 3 is 1.70 bits per heavy atom. The molecule has 16 heteroatoms. The molecule has 0 heterocycles. The summed E-state index contributed by atoms with van der Waals surface area (Å²) in [5, 5.41) is 52.5. The molecule has 1 aromatic rings. The predicted molar refractivity (Wildman–Crippen MR) is 156 cm³/mol. The molecule has 3 amide bonds. The van der Waals surface area contributed by atoms with Gasteiger partial charge < -0.3 is 45.8 Å². The molecule has 0 saturated carbocycles. The number of benzene rings is 1. The minimum Gasteiger partial charge on any atom is -0.458 e. The standard InChI is InChI=1S/C21H28I3N3O10/c1-9(31)27(5-12(34)7-29)19-17(23)14(20(35)25-3-11(33)6-28)16(22)15(18(19)24)21(36)26-4-13(8-30)37-10(2)32/h11-13,28-30,33-34H,3-8H2,1-2H3,(H,25,35)(H,26,36). The summed E-state index contributed by atoms with van der Waals surface area (Å²) in [6.07, 6.45) is -3.55. The average Bonchev–Trinajstić information content (AvgIpc) is 2.83. The molecule has 0 aromatic heterocycles. The molecule has 0 bridgehead atoms. The summed E-state index contributed by atoms with van der Waals surface area (Å²) in [5.41, 5.74) is 0.127.